The second-order valence-electron chi connectivity index (χ2n) is 6.80. The number of nitrogens with zero attached hydrogens (tertiary/aromatic N) is 1. The van der Waals surface area contributed by atoms with Crippen LogP contribution in [-0.2, 0) is 27.8 Å². The number of halogens is 1. The Labute approximate surface area is 184 Å². The average molecular weight is 463 g/mol. The summed E-state index contributed by atoms with van der Waals surface area (Å²) in [5.41, 5.74) is 2.57. The molecule has 0 saturated carbocycles. The number of carbonyl (C=O) groups excluding carboxylic acids is 1. The SMILES string of the molecule is O=C(COc1cccc(Cl)c1)Nc1ccc2c(c1)CN(S(=O)(=O)c1cccs1)CC2. The largest absolute Gasteiger partial charge is 0.484 e. The molecular weight excluding hydrogens is 444 g/mol. The lowest BCUT2D eigenvalue weighted by Crippen LogP contribution is -2.35. The Bertz CT molecular complexity index is 1160. The number of hydrogen-bond donors (Lipinski definition) is 1. The lowest BCUT2D eigenvalue weighted by molar-refractivity contribution is -0.118. The highest BCUT2D eigenvalue weighted by atomic mass is 35.5. The molecule has 1 N–H and O–H groups in total. The Balaban J connectivity index is 1.42. The van der Waals surface area contributed by atoms with Gasteiger partial charge in [-0.25, -0.2) is 8.42 Å². The van der Waals surface area contributed by atoms with Gasteiger partial charge in [0.05, 0.1) is 0 Å². The number of nitrogens with one attached hydrogen (secondary N) is 1. The van der Waals surface area contributed by atoms with Crippen molar-refractivity contribution in [3.8, 4) is 5.75 Å². The summed E-state index contributed by atoms with van der Waals surface area (Å²) in [6.45, 7) is 0.557. The zero-order valence-electron chi connectivity index (χ0n) is 15.9. The highest BCUT2D eigenvalue weighted by Crippen LogP contribution is 2.28. The molecule has 6 nitrogen and oxygen atoms in total. The van der Waals surface area contributed by atoms with Crippen molar-refractivity contribution in [2.45, 2.75) is 17.2 Å². The second kappa shape index (κ2) is 8.77. The van der Waals surface area contributed by atoms with Crippen LogP contribution in [0.15, 0.2) is 64.2 Å². The molecule has 156 valence electrons. The molecule has 2 aromatic carbocycles. The van der Waals surface area contributed by atoms with E-state index >= 15 is 0 Å². The number of benzene rings is 2. The third-order valence-electron chi connectivity index (χ3n) is 4.72. The molecule has 0 atom stereocenters. The van der Waals surface area contributed by atoms with E-state index in [-0.39, 0.29) is 19.1 Å². The van der Waals surface area contributed by atoms with Gasteiger partial charge in [-0.3, -0.25) is 4.79 Å². The smallest absolute Gasteiger partial charge is 0.262 e. The lowest BCUT2D eigenvalue weighted by Gasteiger charge is -2.28. The molecule has 30 heavy (non-hydrogen) atoms. The van der Waals surface area contributed by atoms with Crippen LogP contribution in [0.2, 0.25) is 5.02 Å². The molecule has 1 aliphatic rings. The number of rotatable bonds is 6. The van der Waals surface area contributed by atoms with Gasteiger partial charge in [-0.05, 0) is 59.3 Å². The predicted octanol–water partition coefficient (Wildman–Crippen LogP) is 4.17. The van der Waals surface area contributed by atoms with Gasteiger partial charge >= 0.3 is 0 Å². The summed E-state index contributed by atoms with van der Waals surface area (Å²) in [7, 11) is -3.51. The van der Waals surface area contributed by atoms with Crippen molar-refractivity contribution in [3.63, 3.8) is 0 Å². The van der Waals surface area contributed by atoms with Gasteiger partial charge in [0, 0.05) is 23.8 Å². The molecule has 4 rings (SSSR count). The van der Waals surface area contributed by atoms with E-state index in [0.717, 1.165) is 11.1 Å². The number of amides is 1. The molecule has 1 aromatic heterocycles. The first-order chi connectivity index (χ1) is 14.4. The molecule has 0 spiro atoms. The predicted molar refractivity (Wildman–Crippen MR) is 118 cm³/mol. The van der Waals surface area contributed by atoms with E-state index in [2.05, 4.69) is 5.32 Å². The van der Waals surface area contributed by atoms with Crippen LogP contribution < -0.4 is 10.1 Å². The molecule has 0 radical (unpaired) electrons. The maximum atomic E-state index is 12.8. The fraction of sp³-hybridized carbons (Fsp3) is 0.190. The third-order valence-corrected chi connectivity index (χ3v) is 8.18. The maximum absolute atomic E-state index is 12.8. The van der Waals surface area contributed by atoms with Crippen molar-refractivity contribution in [2.24, 2.45) is 0 Å². The van der Waals surface area contributed by atoms with E-state index in [0.29, 0.717) is 33.6 Å². The topological polar surface area (TPSA) is 75.7 Å². The van der Waals surface area contributed by atoms with E-state index in [1.807, 2.05) is 18.2 Å². The average Bonchev–Trinajstić information content (AvgIpc) is 3.28. The number of thiophene rings is 1. The molecule has 0 fully saturated rings. The zero-order valence-corrected chi connectivity index (χ0v) is 18.3. The van der Waals surface area contributed by atoms with Gasteiger partial charge < -0.3 is 10.1 Å². The van der Waals surface area contributed by atoms with E-state index in [9.17, 15) is 13.2 Å². The third kappa shape index (κ3) is 4.67. The first-order valence-corrected chi connectivity index (χ1v) is 12.0. The fourth-order valence-electron chi connectivity index (χ4n) is 3.25. The number of ether oxygens (including phenoxy) is 1. The molecular formula is C21H19ClN2O4S2. The van der Waals surface area contributed by atoms with Crippen LogP contribution in [0.25, 0.3) is 0 Å². The van der Waals surface area contributed by atoms with E-state index in [4.69, 9.17) is 16.3 Å². The molecule has 2 heterocycles. The van der Waals surface area contributed by atoms with Crippen LogP contribution in [0.5, 0.6) is 5.75 Å². The van der Waals surface area contributed by atoms with Crippen molar-refractivity contribution < 1.29 is 17.9 Å². The summed E-state index contributed by atoms with van der Waals surface area (Å²) in [5.74, 6) is 0.200. The number of hydrogen-bond acceptors (Lipinski definition) is 5. The van der Waals surface area contributed by atoms with Crippen molar-refractivity contribution >= 4 is 44.6 Å². The van der Waals surface area contributed by atoms with Gasteiger partial charge in [-0.1, -0.05) is 29.8 Å². The minimum absolute atomic E-state index is 0.156. The Morgan fingerprint density at radius 2 is 2.00 bits per heavy atom. The Kier molecular flexibility index (Phi) is 6.10. The first-order valence-electron chi connectivity index (χ1n) is 9.25. The van der Waals surface area contributed by atoms with Crippen molar-refractivity contribution in [1.82, 2.24) is 4.31 Å². The van der Waals surface area contributed by atoms with Gasteiger partial charge in [0.25, 0.3) is 15.9 Å². The van der Waals surface area contributed by atoms with Crippen LogP contribution in [0, 0.1) is 0 Å². The monoisotopic (exact) mass is 462 g/mol. The fourth-order valence-corrected chi connectivity index (χ4v) is 6.00. The summed E-state index contributed by atoms with van der Waals surface area (Å²) in [5, 5.41) is 5.08. The van der Waals surface area contributed by atoms with Crippen LogP contribution in [0.3, 0.4) is 0 Å². The van der Waals surface area contributed by atoms with Gasteiger partial charge in [0.2, 0.25) is 0 Å². The molecule has 0 saturated heterocycles. The van der Waals surface area contributed by atoms with E-state index < -0.39 is 10.0 Å². The highest BCUT2D eigenvalue weighted by molar-refractivity contribution is 7.91. The van der Waals surface area contributed by atoms with Crippen LogP contribution in [0.4, 0.5) is 5.69 Å². The molecule has 0 aliphatic carbocycles. The summed E-state index contributed by atoms with van der Waals surface area (Å²) < 4.78 is 32.9. The van der Waals surface area contributed by atoms with Gasteiger partial charge in [-0.15, -0.1) is 11.3 Å². The van der Waals surface area contributed by atoms with Gasteiger partial charge in [0.1, 0.15) is 9.96 Å². The Hall–Kier alpha value is -2.39. The Morgan fingerprint density at radius 3 is 2.77 bits per heavy atom. The van der Waals surface area contributed by atoms with Crippen LogP contribution in [-0.4, -0.2) is 31.8 Å². The van der Waals surface area contributed by atoms with Crippen molar-refractivity contribution in [1.29, 1.82) is 0 Å². The number of anilines is 1. The summed E-state index contributed by atoms with van der Waals surface area (Å²) in [6, 6.07) is 15.7. The summed E-state index contributed by atoms with van der Waals surface area (Å²) in [4.78, 5) is 12.2. The summed E-state index contributed by atoms with van der Waals surface area (Å²) in [6.07, 6.45) is 0.631. The van der Waals surface area contributed by atoms with E-state index in [1.54, 1.807) is 41.8 Å². The van der Waals surface area contributed by atoms with Gasteiger partial charge in [0.15, 0.2) is 6.61 Å². The lowest BCUT2D eigenvalue weighted by atomic mass is 10.0. The standard InChI is InChI=1S/C21H19ClN2O4S2/c22-17-3-1-4-19(12-17)28-14-20(25)23-18-7-6-15-8-9-24(13-16(15)11-18)30(26,27)21-5-2-10-29-21/h1-7,10-12H,8-9,13-14H2,(H,23,25). The number of carbonyl (C=O) groups is 1. The maximum Gasteiger partial charge on any atom is 0.262 e. The number of sulfonamides is 1. The van der Waals surface area contributed by atoms with Gasteiger partial charge in [-0.2, -0.15) is 4.31 Å². The first kappa shape index (κ1) is 20.9. The molecule has 9 heteroatoms. The second-order valence-corrected chi connectivity index (χ2v) is 10.3. The normalized spacial score (nSPS) is 14.2. The minimum atomic E-state index is -3.51. The van der Waals surface area contributed by atoms with E-state index in [1.165, 1.54) is 15.6 Å². The van der Waals surface area contributed by atoms with Crippen LogP contribution >= 0.6 is 22.9 Å². The zero-order chi connectivity index (χ0) is 21.1. The molecule has 1 aliphatic heterocycles. The molecule has 0 bridgehead atoms. The van der Waals surface area contributed by atoms with Crippen molar-refractivity contribution in [2.75, 3.05) is 18.5 Å². The highest BCUT2D eigenvalue weighted by Gasteiger charge is 2.29. The quantitative estimate of drug-likeness (QED) is 0.596. The van der Waals surface area contributed by atoms with Crippen LogP contribution in [0.1, 0.15) is 11.1 Å². The molecule has 1 amide bonds. The Morgan fingerprint density at radius 1 is 1.13 bits per heavy atom. The van der Waals surface area contributed by atoms with Crippen molar-refractivity contribution in [3.05, 3.63) is 76.1 Å². The minimum Gasteiger partial charge on any atom is -0.484 e. The molecule has 0 unspecified atom stereocenters. The molecule has 3 aromatic rings. The summed E-state index contributed by atoms with van der Waals surface area (Å²) >= 11 is 7.12. The number of fused-ring (bicyclic) bond motifs is 1.